The van der Waals surface area contributed by atoms with Crippen molar-refractivity contribution in [3.63, 3.8) is 0 Å². The van der Waals surface area contributed by atoms with Crippen LogP contribution in [0.25, 0.3) is 0 Å². The highest BCUT2D eigenvalue weighted by molar-refractivity contribution is 7.92. The normalized spacial score (nSPS) is 40.1. The number of unbranched alkanes of at least 4 members (excludes halogenated alkanes) is 1. The van der Waals surface area contributed by atoms with Crippen LogP contribution < -0.4 is 0 Å². The molecule has 2 heterocycles. The first-order valence-corrected chi connectivity index (χ1v) is 8.10. The molecule has 0 aromatic heterocycles. The molecule has 0 aromatic rings. The van der Waals surface area contributed by atoms with Gasteiger partial charge >= 0.3 is 0 Å². The van der Waals surface area contributed by atoms with Crippen molar-refractivity contribution in [2.24, 2.45) is 0 Å². The monoisotopic (exact) mass is 264 g/mol. The second-order valence-electron chi connectivity index (χ2n) is 5.54. The van der Waals surface area contributed by atoms with Gasteiger partial charge in [0.1, 0.15) is 0 Å². The molecule has 3 nitrogen and oxygen atoms in total. The Morgan fingerprint density at radius 2 is 1.76 bits per heavy atom. The highest BCUT2D eigenvalue weighted by Gasteiger charge is 2.49. The first-order chi connectivity index (χ1) is 7.98. The van der Waals surface area contributed by atoms with Gasteiger partial charge in [-0.2, -0.15) is 0 Å². The SMILES string of the molecule is O=S1(=O)C2CCCC1CC(O)(CCCCF)C2. The van der Waals surface area contributed by atoms with Crippen LogP contribution in [-0.2, 0) is 9.84 Å². The van der Waals surface area contributed by atoms with Crippen LogP contribution in [0.3, 0.4) is 0 Å². The zero-order valence-electron chi connectivity index (χ0n) is 10.1. The molecule has 1 N–H and O–H groups in total. The van der Waals surface area contributed by atoms with Crippen molar-refractivity contribution >= 4 is 9.84 Å². The van der Waals surface area contributed by atoms with E-state index >= 15 is 0 Å². The van der Waals surface area contributed by atoms with E-state index in [1.54, 1.807) is 0 Å². The lowest BCUT2D eigenvalue weighted by Gasteiger charge is -2.43. The van der Waals surface area contributed by atoms with Gasteiger partial charge in [-0.05, 0) is 44.9 Å². The predicted molar refractivity (Wildman–Crippen MR) is 64.4 cm³/mol. The van der Waals surface area contributed by atoms with Crippen molar-refractivity contribution in [3.05, 3.63) is 0 Å². The first-order valence-electron chi connectivity index (χ1n) is 6.49. The highest BCUT2D eigenvalue weighted by atomic mass is 32.2. The van der Waals surface area contributed by atoms with Gasteiger partial charge in [0.25, 0.3) is 0 Å². The molecule has 2 atom stereocenters. The lowest BCUT2D eigenvalue weighted by Crippen LogP contribution is -2.51. The number of hydrogen-bond donors (Lipinski definition) is 1. The van der Waals surface area contributed by atoms with Crippen molar-refractivity contribution in [1.29, 1.82) is 0 Å². The summed E-state index contributed by atoms with van der Waals surface area (Å²) in [5, 5.41) is 9.74. The Balaban J connectivity index is 2.05. The zero-order chi connectivity index (χ0) is 12.5. The molecule has 0 aliphatic carbocycles. The Labute approximate surface area is 102 Å². The van der Waals surface area contributed by atoms with Crippen LogP contribution in [0.15, 0.2) is 0 Å². The van der Waals surface area contributed by atoms with Gasteiger partial charge in [-0.1, -0.05) is 6.42 Å². The first kappa shape index (κ1) is 13.3. The Hall–Kier alpha value is -0.160. The summed E-state index contributed by atoms with van der Waals surface area (Å²) in [6, 6.07) is 0. The molecular formula is C12H21FO3S. The molecule has 0 saturated carbocycles. The zero-order valence-corrected chi connectivity index (χ0v) is 10.9. The van der Waals surface area contributed by atoms with Crippen LogP contribution in [0.2, 0.25) is 0 Å². The summed E-state index contributed by atoms with van der Waals surface area (Å²) < 4.78 is 36.1. The van der Waals surface area contributed by atoms with Crippen molar-refractivity contribution in [2.75, 3.05) is 6.67 Å². The lowest BCUT2D eigenvalue weighted by molar-refractivity contribution is -0.000708. The van der Waals surface area contributed by atoms with E-state index in [0.717, 1.165) is 6.42 Å². The third-order valence-corrected chi connectivity index (χ3v) is 6.89. The summed E-state index contributed by atoms with van der Waals surface area (Å²) in [7, 11) is -3.00. The van der Waals surface area contributed by atoms with E-state index in [9.17, 15) is 17.9 Å². The molecule has 100 valence electrons. The molecule has 0 aromatic carbocycles. The summed E-state index contributed by atoms with van der Waals surface area (Å²) in [5.74, 6) is 0. The predicted octanol–water partition coefficient (Wildman–Crippen LogP) is 1.99. The quantitative estimate of drug-likeness (QED) is 0.790. The van der Waals surface area contributed by atoms with Crippen molar-refractivity contribution in [1.82, 2.24) is 0 Å². The molecule has 2 rings (SSSR count). The summed E-state index contributed by atoms with van der Waals surface area (Å²) >= 11 is 0. The molecule has 5 heteroatoms. The fraction of sp³-hybridized carbons (Fsp3) is 1.00. The van der Waals surface area contributed by atoms with Crippen molar-refractivity contribution in [2.45, 2.75) is 67.5 Å². The maximum absolute atomic E-state index is 12.0. The van der Waals surface area contributed by atoms with E-state index in [-0.39, 0.29) is 17.2 Å². The Kier molecular flexibility index (Phi) is 3.78. The smallest absolute Gasteiger partial charge is 0.156 e. The van der Waals surface area contributed by atoms with Gasteiger partial charge in [-0.25, -0.2) is 8.42 Å². The summed E-state index contributed by atoms with van der Waals surface area (Å²) in [6.45, 7) is -0.360. The van der Waals surface area contributed by atoms with Crippen LogP contribution >= 0.6 is 0 Å². The number of alkyl halides is 1. The minimum absolute atomic E-state index is 0.356. The van der Waals surface area contributed by atoms with Gasteiger partial charge in [0.05, 0.1) is 22.8 Å². The Bertz CT molecular complexity index is 346. The second kappa shape index (κ2) is 4.84. The van der Waals surface area contributed by atoms with E-state index < -0.39 is 15.4 Å². The molecule has 0 radical (unpaired) electrons. The van der Waals surface area contributed by atoms with Crippen molar-refractivity contribution < 1.29 is 17.9 Å². The second-order valence-corrected chi connectivity index (χ2v) is 8.05. The van der Waals surface area contributed by atoms with Gasteiger partial charge in [0.15, 0.2) is 9.84 Å². The standard InChI is InChI=1S/C12H21FO3S/c13-7-2-1-6-12(14)8-10-4-3-5-11(9-12)17(10,15)16/h10-11,14H,1-9H2. The number of halogens is 1. The topological polar surface area (TPSA) is 54.4 Å². The van der Waals surface area contributed by atoms with Crippen LogP contribution in [0, 0.1) is 0 Å². The highest BCUT2D eigenvalue weighted by Crippen LogP contribution is 2.43. The minimum Gasteiger partial charge on any atom is -0.390 e. The van der Waals surface area contributed by atoms with Gasteiger partial charge in [0, 0.05) is 0 Å². The number of aliphatic hydroxyl groups is 1. The third kappa shape index (κ3) is 2.65. The van der Waals surface area contributed by atoms with Crippen LogP contribution in [0.4, 0.5) is 4.39 Å². The van der Waals surface area contributed by atoms with E-state index in [4.69, 9.17) is 0 Å². The van der Waals surface area contributed by atoms with E-state index in [1.807, 2.05) is 0 Å². The molecule has 17 heavy (non-hydrogen) atoms. The van der Waals surface area contributed by atoms with Crippen molar-refractivity contribution in [3.8, 4) is 0 Å². The van der Waals surface area contributed by atoms with Gasteiger partial charge in [-0.3, -0.25) is 4.39 Å². The molecule has 2 aliphatic heterocycles. The largest absolute Gasteiger partial charge is 0.390 e. The third-order valence-electron chi connectivity index (χ3n) is 4.22. The van der Waals surface area contributed by atoms with Gasteiger partial charge < -0.3 is 5.11 Å². The van der Waals surface area contributed by atoms with E-state index in [2.05, 4.69) is 0 Å². The molecule has 2 fully saturated rings. The fourth-order valence-electron chi connectivity index (χ4n) is 3.29. The molecule has 0 amide bonds. The maximum Gasteiger partial charge on any atom is 0.156 e. The number of rotatable bonds is 4. The molecule has 0 spiro atoms. The van der Waals surface area contributed by atoms with Gasteiger partial charge in [0.2, 0.25) is 0 Å². The lowest BCUT2D eigenvalue weighted by atomic mass is 9.82. The fourth-order valence-corrected chi connectivity index (χ4v) is 5.91. The maximum atomic E-state index is 12.0. The summed E-state index contributed by atoms with van der Waals surface area (Å²) in [5.41, 5.74) is -0.865. The van der Waals surface area contributed by atoms with Crippen LogP contribution in [0.5, 0.6) is 0 Å². The Morgan fingerprint density at radius 3 is 2.29 bits per heavy atom. The van der Waals surface area contributed by atoms with Gasteiger partial charge in [-0.15, -0.1) is 0 Å². The molecular weight excluding hydrogens is 243 g/mol. The summed E-state index contributed by atoms with van der Waals surface area (Å²) in [4.78, 5) is 0. The molecule has 2 bridgehead atoms. The van der Waals surface area contributed by atoms with E-state index in [0.29, 0.717) is 44.9 Å². The van der Waals surface area contributed by atoms with E-state index in [1.165, 1.54) is 0 Å². The Morgan fingerprint density at radius 1 is 1.18 bits per heavy atom. The number of fused-ring (bicyclic) bond motifs is 2. The number of hydrogen-bond acceptors (Lipinski definition) is 3. The number of sulfone groups is 1. The van der Waals surface area contributed by atoms with Crippen LogP contribution in [0.1, 0.15) is 51.4 Å². The molecule has 2 saturated heterocycles. The average molecular weight is 264 g/mol. The average Bonchev–Trinajstić information content (AvgIpc) is 2.21. The minimum atomic E-state index is -3.00. The molecule has 2 aliphatic rings. The molecule has 2 unspecified atom stereocenters. The van der Waals surface area contributed by atoms with Crippen LogP contribution in [-0.4, -0.2) is 36.3 Å². The summed E-state index contributed by atoms with van der Waals surface area (Å²) in [6.07, 6.45) is 4.69.